The molecule has 10 heavy (non-hydrogen) atoms. The number of ether oxygens (including phenoxy) is 1. The molecular weight excluding hydrogens is 128 g/mol. The van der Waals surface area contributed by atoms with E-state index in [0.717, 1.165) is 26.1 Å². The van der Waals surface area contributed by atoms with Crippen molar-refractivity contribution in [2.24, 2.45) is 5.92 Å². The largest absolute Gasteiger partial charge is 0.396 e. The second-order valence-corrected chi connectivity index (χ2v) is 2.63. The van der Waals surface area contributed by atoms with E-state index in [1.54, 1.807) is 0 Å². The number of aliphatic hydroxyl groups is 1. The molecule has 0 aliphatic heterocycles. The lowest BCUT2D eigenvalue weighted by atomic mass is 10.1. The molecule has 1 unspecified atom stereocenters. The van der Waals surface area contributed by atoms with E-state index >= 15 is 0 Å². The number of aliphatic hydroxyl groups excluding tert-OH is 1. The maximum atomic E-state index is 8.50. The molecule has 0 amide bonds. The van der Waals surface area contributed by atoms with Crippen molar-refractivity contribution >= 4 is 0 Å². The second-order valence-electron chi connectivity index (χ2n) is 2.63. The first kappa shape index (κ1) is 9.92. The van der Waals surface area contributed by atoms with Crippen LogP contribution in [0.5, 0.6) is 0 Å². The van der Waals surface area contributed by atoms with E-state index in [4.69, 9.17) is 9.84 Å². The smallest absolute Gasteiger partial charge is 0.0491 e. The first-order valence-corrected chi connectivity index (χ1v) is 3.99. The third-order valence-electron chi connectivity index (χ3n) is 1.46. The highest BCUT2D eigenvalue weighted by Crippen LogP contribution is 2.04. The summed E-state index contributed by atoms with van der Waals surface area (Å²) in [6.45, 7) is 6.07. The van der Waals surface area contributed by atoms with Gasteiger partial charge in [0.2, 0.25) is 0 Å². The molecule has 2 nitrogen and oxygen atoms in total. The minimum Gasteiger partial charge on any atom is -0.396 e. The zero-order chi connectivity index (χ0) is 7.82. The fourth-order valence-electron chi connectivity index (χ4n) is 0.842. The number of hydrogen-bond acceptors (Lipinski definition) is 2. The fourth-order valence-corrected chi connectivity index (χ4v) is 0.842. The van der Waals surface area contributed by atoms with Crippen molar-refractivity contribution in [3.05, 3.63) is 0 Å². The summed E-state index contributed by atoms with van der Waals surface area (Å²) in [6.07, 6.45) is 1.96. The Morgan fingerprint density at radius 2 is 2.20 bits per heavy atom. The van der Waals surface area contributed by atoms with Gasteiger partial charge in [-0.1, -0.05) is 6.92 Å². The monoisotopic (exact) mass is 146 g/mol. The van der Waals surface area contributed by atoms with E-state index in [-0.39, 0.29) is 0 Å². The van der Waals surface area contributed by atoms with Gasteiger partial charge in [0.15, 0.2) is 0 Å². The summed E-state index contributed by atoms with van der Waals surface area (Å²) in [7, 11) is 0. The molecule has 0 aliphatic carbocycles. The van der Waals surface area contributed by atoms with Gasteiger partial charge in [0, 0.05) is 19.8 Å². The van der Waals surface area contributed by atoms with Crippen molar-refractivity contribution in [2.75, 3.05) is 19.8 Å². The SMILES string of the molecule is CCOCC(C)CCCO. The van der Waals surface area contributed by atoms with Crippen LogP contribution in [0.2, 0.25) is 0 Å². The molecule has 0 bridgehead atoms. The van der Waals surface area contributed by atoms with Gasteiger partial charge in [0.1, 0.15) is 0 Å². The third-order valence-corrected chi connectivity index (χ3v) is 1.46. The summed E-state index contributed by atoms with van der Waals surface area (Å²) < 4.78 is 5.21. The third kappa shape index (κ3) is 6.05. The number of hydrogen-bond donors (Lipinski definition) is 1. The molecule has 0 saturated carbocycles. The zero-order valence-corrected chi connectivity index (χ0v) is 6.97. The van der Waals surface area contributed by atoms with Crippen molar-refractivity contribution in [3.8, 4) is 0 Å². The fraction of sp³-hybridized carbons (Fsp3) is 1.00. The molecule has 0 aromatic heterocycles. The molecule has 0 radical (unpaired) electrons. The molecule has 1 N–H and O–H groups in total. The Hall–Kier alpha value is -0.0800. The Morgan fingerprint density at radius 3 is 2.70 bits per heavy atom. The van der Waals surface area contributed by atoms with Gasteiger partial charge in [-0.25, -0.2) is 0 Å². The lowest BCUT2D eigenvalue weighted by Gasteiger charge is -2.08. The molecule has 0 aliphatic rings. The summed E-state index contributed by atoms with van der Waals surface area (Å²) in [4.78, 5) is 0. The molecule has 0 aromatic rings. The predicted molar refractivity (Wildman–Crippen MR) is 42.0 cm³/mol. The van der Waals surface area contributed by atoms with Gasteiger partial charge < -0.3 is 9.84 Å². The minimum atomic E-state index is 0.302. The summed E-state index contributed by atoms with van der Waals surface area (Å²) in [5.74, 6) is 0.590. The van der Waals surface area contributed by atoms with Gasteiger partial charge in [-0.05, 0) is 25.7 Å². The highest BCUT2D eigenvalue weighted by molar-refractivity contribution is 4.50. The quantitative estimate of drug-likeness (QED) is 0.614. The van der Waals surface area contributed by atoms with E-state index in [9.17, 15) is 0 Å². The van der Waals surface area contributed by atoms with Crippen LogP contribution in [0.15, 0.2) is 0 Å². The highest BCUT2D eigenvalue weighted by atomic mass is 16.5. The first-order valence-electron chi connectivity index (χ1n) is 3.99. The molecule has 0 heterocycles. The molecule has 0 spiro atoms. The van der Waals surface area contributed by atoms with Crippen LogP contribution < -0.4 is 0 Å². The maximum absolute atomic E-state index is 8.50. The van der Waals surface area contributed by atoms with Crippen molar-refractivity contribution in [1.82, 2.24) is 0 Å². The molecule has 62 valence electrons. The summed E-state index contributed by atoms with van der Waals surface area (Å²) >= 11 is 0. The average molecular weight is 146 g/mol. The maximum Gasteiger partial charge on any atom is 0.0491 e. The summed E-state index contributed by atoms with van der Waals surface area (Å²) in [5.41, 5.74) is 0. The van der Waals surface area contributed by atoms with Crippen molar-refractivity contribution in [3.63, 3.8) is 0 Å². The van der Waals surface area contributed by atoms with Crippen LogP contribution in [0.3, 0.4) is 0 Å². The zero-order valence-electron chi connectivity index (χ0n) is 6.97. The molecule has 0 aromatic carbocycles. The lowest BCUT2D eigenvalue weighted by molar-refractivity contribution is 0.110. The van der Waals surface area contributed by atoms with Crippen LogP contribution in [0.4, 0.5) is 0 Å². The van der Waals surface area contributed by atoms with Crippen LogP contribution in [0.25, 0.3) is 0 Å². The normalized spacial score (nSPS) is 13.5. The van der Waals surface area contributed by atoms with Crippen LogP contribution >= 0.6 is 0 Å². The second kappa shape index (κ2) is 7.03. The van der Waals surface area contributed by atoms with Gasteiger partial charge in [-0.15, -0.1) is 0 Å². The van der Waals surface area contributed by atoms with E-state index in [0.29, 0.717) is 12.5 Å². The van der Waals surface area contributed by atoms with E-state index in [1.165, 1.54) is 0 Å². The Bertz CT molecular complexity index is 56.3. The van der Waals surface area contributed by atoms with Crippen LogP contribution in [0, 0.1) is 5.92 Å². The summed E-state index contributed by atoms with van der Waals surface area (Å²) in [6, 6.07) is 0. The van der Waals surface area contributed by atoms with Crippen molar-refractivity contribution in [2.45, 2.75) is 26.7 Å². The Kier molecular flexibility index (Phi) is 6.98. The van der Waals surface area contributed by atoms with E-state index in [1.807, 2.05) is 6.92 Å². The minimum absolute atomic E-state index is 0.302. The summed E-state index contributed by atoms with van der Waals surface area (Å²) in [5, 5.41) is 8.50. The standard InChI is InChI=1S/C8H18O2/c1-3-10-7-8(2)5-4-6-9/h8-9H,3-7H2,1-2H3. The van der Waals surface area contributed by atoms with Gasteiger partial charge >= 0.3 is 0 Å². The average Bonchev–Trinajstić information content (AvgIpc) is 1.97. The highest BCUT2D eigenvalue weighted by Gasteiger charge is 1.99. The van der Waals surface area contributed by atoms with E-state index in [2.05, 4.69) is 6.92 Å². The van der Waals surface area contributed by atoms with E-state index < -0.39 is 0 Å². The molecule has 0 fully saturated rings. The predicted octanol–water partition coefficient (Wildman–Crippen LogP) is 1.43. The van der Waals surface area contributed by atoms with Gasteiger partial charge in [-0.2, -0.15) is 0 Å². The molecule has 2 heteroatoms. The first-order chi connectivity index (χ1) is 4.81. The van der Waals surface area contributed by atoms with Gasteiger partial charge in [-0.3, -0.25) is 0 Å². The lowest BCUT2D eigenvalue weighted by Crippen LogP contribution is -2.06. The van der Waals surface area contributed by atoms with Crippen LogP contribution in [0.1, 0.15) is 26.7 Å². The Morgan fingerprint density at radius 1 is 1.50 bits per heavy atom. The number of rotatable bonds is 6. The van der Waals surface area contributed by atoms with Crippen LogP contribution in [-0.4, -0.2) is 24.9 Å². The van der Waals surface area contributed by atoms with Gasteiger partial charge in [0.05, 0.1) is 0 Å². The Balaban J connectivity index is 3.00. The van der Waals surface area contributed by atoms with Crippen molar-refractivity contribution < 1.29 is 9.84 Å². The molecule has 0 saturated heterocycles. The van der Waals surface area contributed by atoms with Gasteiger partial charge in [0.25, 0.3) is 0 Å². The molecule has 0 rings (SSSR count). The molecule has 1 atom stereocenters. The van der Waals surface area contributed by atoms with Crippen LogP contribution in [-0.2, 0) is 4.74 Å². The Labute approximate surface area is 63.2 Å². The van der Waals surface area contributed by atoms with Crippen molar-refractivity contribution in [1.29, 1.82) is 0 Å². The topological polar surface area (TPSA) is 29.5 Å². The molecular formula is C8H18O2.